The Morgan fingerprint density at radius 3 is 2.94 bits per heavy atom. The Labute approximate surface area is 110 Å². The summed E-state index contributed by atoms with van der Waals surface area (Å²) in [6, 6.07) is 6.43. The number of rotatable bonds is 2. The zero-order valence-electron chi connectivity index (χ0n) is 11.6. The summed E-state index contributed by atoms with van der Waals surface area (Å²) in [5.74, 6) is 0.462. The van der Waals surface area contributed by atoms with E-state index in [9.17, 15) is 5.11 Å². The fourth-order valence-corrected chi connectivity index (χ4v) is 2.60. The van der Waals surface area contributed by atoms with Gasteiger partial charge in [-0.3, -0.25) is 4.90 Å². The molecular weight excluding hydrogens is 222 g/mol. The maximum Gasteiger partial charge on any atom is 0.119 e. The molecule has 2 rings (SSSR count). The van der Waals surface area contributed by atoms with Gasteiger partial charge in [-0.1, -0.05) is 23.8 Å². The van der Waals surface area contributed by atoms with Crippen LogP contribution in [0.3, 0.4) is 0 Å². The van der Waals surface area contributed by atoms with Crippen LogP contribution in [-0.4, -0.2) is 29.1 Å². The second kappa shape index (κ2) is 5.57. The van der Waals surface area contributed by atoms with Crippen LogP contribution in [0.1, 0.15) is 31.9 Å². The first-order chi connectivity index (χ1) is 8.58. The normalized spacial score (nSPS) is 20.1. The largest absolute Gasteiger partial charge is 0.508 e. The van der Waals surface area contributed by atoms with Crippen molar-refractivity contribution < 1.29 is 5.11 Å². The number of nitrogens with zero attached hydrogens (tertiary/aromatic N) is 1. The molecule has 18 heavy (non-hydrogen) atoms. The molecule has 1 aromatic rings. The number of phenols is 1. The third-order valence-electron chi connectivity index (χ3n) is 3.77. The van der Waals surface area contributed by atoms with Crippen molar-refractivity contribution in [1.82, 2.24) is 4.90 Å². The van der Waals surface area contributed by atoms with Crippen molar-refractivity contribution in [1.29, 1.82) is 0 Å². The zero-order chi connectivity index (χ0) is 13.1. The van der Waals surface area contributed by atoms with Crippen LogP contribution in [0.2, 0.25) is 0 Å². The molecule has 0 saturated carbocycles. The van der Waals surface area contributed by atoms with Gasteiger partial charge < -0.3 is 5.11 Å². The fourth-order valence-electron chi connectivity index (χ4n) is 2.60. The highest BCUT2D eigenvalue weighted by atomic mass is 16.3. The number of phenolic OH excluding ortho intramolecular Hbond substituents is 1. The predicted molar refractivity (Wildman–Crippen MR) is 76.0 cm³/mol. The molecule has 0 amide bonds. The standard InChI is InChI=1S/C16H23NO/c1-12(2)7-9-17-10-8-15-14(11-13(17)3)5-4-6-16(15)18/h4-7,13,18H,8-11H2,1-3H3. The van der Waals surface area contributed by atoms with Gasteiger partial charge in [-0.05, 0) is 50.8 Å². The smallest absolute Gasteiger partial charge is 0.119 e. The van der Waals surface area contributed by atoms with Crippen molar-refractivity contribution >= 4 is 0 Å². The third-order valence-corrected chi connectivity index (χ3v) is 3.77. The van der Waals surface area contributed by atoms with E-state index in [0.717, 1.165) is 31.5 Å². The highest BCUT2D eigenvalue weighted by molar-refractivity contribution is 5.40. The van der Waals surface area contributed by atoms with E-state index in [1.807, 2.05) is 6.07 Å². The molecule has 1 aliphatic heterocycles. The second-order valence-corrected chi connectivity index (χ2v) is 5.49. The fraction of sp³-hybridized carbons (Fsp3) is 0.500. The molecule has 0 bridgehead atoms. The molecule has 0 aliphatic carbocycles. The lowest BCUT2D eigenvalue weighted by Crippen LogP contribution is -2.34. The lowest BCUT2D eigenvalue weighted by atomic mass is 10.00. The van der Waals surface area contributed by atoms with Crippen LogP contribution in [0.25, 0.3) is 0 Å². The first-order valence-corrected chi connectivity index (χ1v) is 6.75. The van der Waals surface area contributed by atoms with Crippen molar-refractivity contribution in [2.75, 3.05) is 13.1 Å². The Morgan fingerprint density at radius 2 is 2.22 bits per heavy atom. The van der Waals surface area contributed by atoms with Crippen molar-refractivity contribution in [3.63, 3.8) is 0 Å². The Hall–Kier alpha value is -1.28. The van der Waals surface area contributed by atoms with E-state index in [1.54, 1.807) is 6.07 Å². The molecule has 0 aromatic heterocycles. The van der Waals surface area contributed by atoms with Crippen LogP contribution in [0.15, 0.2) is 29.8 Å². The summed E-state index contributed by atoms with van der Waals surface area (Å²) in [5.41, 5.74) is 3.82. The highest BCUT2D eigenvalue weighted by Gasteiger charge is 2.21. The Morgan fingerprint density at radius 1 is 1.44 bits per heavy atom. The van der Waals surface area contributed by atoms with Gasteiger partial charge in [-0.2, -0.15) is 0 Å². The molecule has 2 heteroatoms. The number of benzene rings is 1. The molecule has 1 aromatic carbocycles. The van der Waals surface area contributed by atoms with Crippen molar-refractivity contribution in [3.05, 3.63) is 41.0 Å². The number of fused-ring (bicyclic) bond motifs is 1. The third kappa shape index (κ3) is 2.94. The highest BCUT2D eigenvalue weighted by Crippen LogP contribution is 2.26. The molecule has 0 spiro atoms. The van der Waals surface area contributed by atoms with Gasteiger partial charge in [-0.15, -0.1) is 0 Å². The van der Waals surface area contributed by atoms with Crippen LogP contribution >= 0.6 is 0 Å². The summed E-state index contributed by atoms with van der Waals surface area (Å²) < 4.78 is 0. The molecule has 2 nitrogen and oxygen atoms in total. The summed E-state index contributed by atoms with van der Waals surface area (Å²) in [4.78, 5) is 2.49. The maximum absolute atomic E-state index is 9.94. The average Bonchev–Trinajstić information content (AvgIpc) is 2.46. The van der Waals surface area contributed by atoms with Crippen LogP contribution in [0, 0.1) is 0 Å². The topological polar surface area (TPSA) is 23.5 Å². The number of hydrogen-bond donors (Lipinski definition) is 1. The van der Waals surface area contributed by atoms with E-state index in [-0.39, 0.29) is 0 Å². The van der Waals surface area contributed by atoms with Gasteiger partial charge in [0.1, 0.15) is 5.75 Å². The van der Waals surface area contributed by atoms with Gasteiger partial charge in [0.25, 0.3) is 0 Å². The SMILES string of the molecule is CC(C)=CCN1CCc2c(O)cccc2CC1C. The van der Waals surface area contributed by atoms with Gasteiger partial charge in [-0.25, -0.2) is 0 Å². The summed E-state index contributed by atoms with van der Waals surface area (Å²) >= 11 is 0. The van der Waals surface area contributed by atoms with Crippen molar-refractivity contribution in [3.8, 4) is 5.75 Å². The predicted octanol–water partition coefficient (Wildman–Crippen LogP) is 3.15. The van der Waals surface area contributed by atoms with Gasteiger partial charge in [0.05, 0.1) is 0 Å². The molecule has 1 aliphatic rings. The van der Waals surface area contributed by atoms with Crippen molar-refractivity contribution in [2.24, 2.45) is 0 Å². The monoisotopic (exact) mass is 245 g/mol. The number of allylic oxidation sites excluding steroid dienone is 1. The molecule has 98 valence electrons. The number of hydrogen-bond acceptors (Lipinski definition) is 2. The van der Waals surface area contributed by atoms with E-state index >= 15 is 0 Å². The van der Waals surface area contributed by atoms with Gasteiger partial charge in [0.2, 0.25) is 0 Å². The van der Waals surface area contributed by atoms with Crippen LogP contribution < -0.4 is 0 Å². The van der Waals surface area contributed by atoms with Gasteiger partial charge in [0, 0.05) is 19.1 Å². The summed E-state index contributed by atoms with van der Waals surface area (Å²) in [7, 11) is 0. The Kier molecular flexibility index (Phi) is 4.07. The maximum atomic E-state index is 9.94. The second-order valence-electron chi connectivity index (χ2n) is 5.49. The first kappa shape index (κ1) is 13.2. The van der Waals surface area contributed by atoms with E-state index in [4.69, 9.17) is 0 Å². The Balaban J connectivity index is 2.16. The van der Waals surface area contributed by atoms with Crippen LogP contribution in [0.5, 0.6) is 5.75 Å². The molecule has 0 radical (unpaired) electrons. The molecule has 1 atom stereocenters. The van der Waals surface area contributed by atoms with E-state index < -0.39 is 0 Å². The molecule has 0 fully saturated rings. The minimum Gasteiger partial charge on any atom is -0.508 e. The minimum atomic E-state index is 0.462. The van der Waals surface area contributed by atoms with Crippen LogP contribution in [-0.2, 0) is 12.8 Å². The van der Waals surface area contributed by atoms with E-state index in [0.29, 0.717) is 11.8 Å². The molecule has 0 saturated heterocycles. The number of aromatic hydroxyl groups is 1. The Bertz CT molecular complexity index is 446. The summed E-state index contributed by atoms with van der Waals surface area (Å²) in [6.07, 6.45) is 4.26. The van der Waals surface area contributed by atoms with E-state index in [2.05, 4.69) is 37.8 Å². The van der Waals surface area contributed by atoms with Crippen molar-refractivity contribution in [2.45, 2.75) is 39.7 Å². The average molecular weight is 245 g/mol. The first-order valence-electron chi connectivity index (χ1n) is 6.75. The lowest BCUT2D eigenvalue weighted by Gasteiger charge is -2.25. The molecule has 1 heterocycles. The van der Waals surface area contributed by atoms with Gasteiger partial charge in [0.15, 0.2) is 0 Å². The van der Waals surface area contributed by atoms with Crippen LogP contribution in [0.4, 0.5) is 0 Å². The van der Waals surface area contributed by atoms with Gasteiger partial charge >= 0.3 is 0 Å². The lowest BCUT2D eigenvalue weighted by molar-refractivity contribution is 0.239. The zero-order valence-corrected chi connectivity index (χ0v) is 11.6. The molecule has 1 unspecified atom stereocenters. The quantitative estimate of drug-likeness (QED) is 0.809. The van der Waals surface area contributed by atoms with E-state index in [1.165, 1.54) is 11.1 Å². The molecular formula is C16H23NO. The molecule has 1 N–H and O–H groups in total. The summed E-state index contributed by atoms with van der Waals surface area (Å²) in [5, 5.41) is 9.94. The summed E-state index contributed by atoms with van der Waals surface area (Å²) in [6.45, 7) is 8.60. The minimum absolute atomic E-state index is 0.462.